The molecule has 0 radical (unpaired) electrons. The number of fused-ring (bicyclic) bond motifs is 5. The number of anilines is 3. The Hall–Kier alpha value is -7.26. The van der Waals surface area contributed by atoms with Crippen LogP contribution in [0.4, 0.5) is 17.1 Å². The fourth-order valence-corrected chi connectivity index (χ4v) is 9.93. The van der Waals surface area contributed by atoms with E-state index in [0.29, 0.717) is 0 Å². The van der Waals surface area contributed by atoms with Crippen molar-refractivity contribution in [1.82, 2.24) is 0 Å². The molecule has 1 heterocycles. The molecule has 0 aliphatic rings. The second-order valence-corrected chi connectivity index (χ2v) is 16.0. The summed E-state index contributed by atoms with van der Waals surface area (Å²) in [6.45, 7) is 0. The fourth-order valence-electron chi connectivity index (χ4n) is 8.69. The maximum atomic E-state index is 2.41. The van der Waals surface area contributed by atoms with Gasteiger partial charge in [-0.2, -0.15) is 0 Å². The van der Waals surface area contributed by atoms with Crippen molar-refractivity contribution >= 4 is 70.1 Å². The van der Waals surface area contributed by atoms with Gasteiger partial charge in [0.2, 0.25) is 0 Å². The summed E-state index contributed by atoms with van der Waals surface area (Å²) in [5.74, 6) is 0. The topological polar surface area (TPSA) is 3.24 Å². The standard InChI is InChI=1S/C56H37NS/c1-3-26-48-38(14-1)16-11-29-50(48)43-21-9-24-46(36-43)57(47-25-10-22-44(37-47)51-30-12-17-39-15-2-4-27-49(39)51)45-23-8-19-41(35-45)40-18-7-20-42(34-40)52-31-13-32-54-53-28-5-6-33-55(53)58-56(52)54/h1-37H. The molecule has 1 aromatic heterocycles. The first-order chi connectivity index (χ1) is 28.7. The first-order valence-electron chi connectivity index (χ1n) is 19.8. The van der Waals surface area contributed by atoms with E-state index in [4.69, 9.17) is 0 Å². The zero-order valence-corrected chi connectivity index (χ0v) is 32.5. The molecule has 0 atom stereocenters. The Morgan fingerprint density at radius 1 is 0.276 bits per heavy atom. The number of rotatable bonds is 7. The summed E-state index contributed by atoms with van der Waals surface area (Å²) in [5.41, 5.74) is 13.0. The van der Waals surface area contributed by atoms with Gasteiger partial charge < -0.3 is 4.90 Å². The summed E-state index contributed by atoms with van der Waals surface area (Å²) in [4.78, 5) is 2.41. The van der Waals surface area contributed by atoms with Crippen LogP contribution in [-0.4, -0.2) is 0 Å². The molecule has 11 aromatic rings. The predicted octanol–water partition coefficient (Wildman–Crippen LogP) is 16.5. The third-order valence-electron chi connectivity index (χ3n) is 11.4. The Kier molecular flexibility index (Phi) is 8.42. The molecule has 0 spiro atoms. The van der Waals surface area contributed by atoms with Crippen molar-refractivity contribution in [3.63, 3.8) is 0 Å². The first-order valence-corrected chi connectivity index (χ1v) is 20.6. The number of nitrogens with zero attached hydrogens (tertiary/aromatic N) is 1. The largest absolute Gasteiger partial charge is 0.310 e. The molecule has 0 unspecified atom stereocenters. The van der Waals surface area contributed by atoms with E-state index in [0.717, 1.165) is 17.1 Å². The van der Waals surface area contributed by atoms with Crippen molar-refractivity contribution in [2.75, 3.05) is 4.90 Å². The lowest BCUT2D eigenvalue weighted by Crippen LogP contribution is -2.10. The Balaban J connectivity index is 1.06. The molecular formula is C56H37NS. The smallest absolute Gasteiger partial charge is 0.0467 e. The van der Waals surface area contributed by atoms with Gasteiger partial charge in [-0.1, -0.05) is 176 Å². The van der Waals surface area contributed by atoms with Gasteiger partial charge in [0.1, 0.15) is 0 Å². The van der Waals surface area contributed by atoms with Crippen LogP contribution in [0.25, 0.3) is 86.2 Å². The molecule has 272 valence electrons. The van der Waals surface area contributed by atoms with E-state index in [1.165, 1.54) is 86.2 Å². The lowest BCUT2D eigenvalue weighted by molar-refractivity contribution is 1.28. The Labute approximate surface area is 342 Å². The zero-order chi connectivity index (χ0) is 38.4. The van der Waals surface area contributed by atoms with E-state index in [1.807, 2.05) is 11.3 Å². The average molecular weight is 756 g/mol. The number of hydrogen-bond donors (Lipinski definition) is 0. The van der Waals surface area contributed by atoms with Crippen LogP contribution in [0.3, 0.4) is 0 Å². The van der Waals surface area contributed by atoms with Crippen LogP contribution in [0, 0.1) is 0 Å². The quantitative estimate of drug-likeness (QED) is 0.157. The molecule has 0 N–H and O–H groups in total. The highest BCUT2D eigenvalue weighted by Crippen LogP contribution is 2.43. The van der Waals surface area contributed by atoms with Gasteiger partial charge in [-0.05, 0) is 115 Å². The molecule has 0 saturated carbocycles. The van der Waals surface area contributed by atoms with Crippen LogP contribution in [0.5, 0.6) is 0 Å². The molecular weight excluding hydrogens is 719 g/mol. The maximum absolute atomic E-state index is 2.41. The molecule has 58 heavy (non-hydrogen) atoms. The number of hydrogen-bond acceptors (Lipinski definition) is 2. The third-order valence-corrected chi connectivity index (χ3v) is 12.6. The van der Waals surface area contributed by atoms with Gasteiger partial charge in [0.15, 0.2) is 0 Å². The third kappa shape index (κ3) is 6.03. The summed E-state index contributed by atoms with van der Waals surface area (Å²) in [6, 6.07) is 82.0. The minimum Gasteiger partial charge on any atom is -0.310 e. The zero-order valence-electron chi connectivity index (χ0n) is 31.7. The van der Waals surface area contributed by atoms with Crippen molar-refractivity contribution in [1.29, 1.82) is 0 Å². The highest BCUT2D eigenvalue weighted by molar-refractivity contribution is 7.26. The first kappa shape index (κ1) is 34.0. The predicted molar refractivity (Wildman–Crippen MR) is 251 cm³/mol. The van der Waals surface area contributed by atoms with Crippen LogP contribution in [0.2, 0.25) is 0 Å². The van der Waals surface area contributed by atoms with Crippen molar-refractivity contribution in [3.05, 3.63) is 224 Å². The molecule has 1 nitrogen and oxygen atoms in total. The molecule has 0 bridgehead atoms. The van der Waals surface area contributed by atoms with Gasteiger partial charge in [0, 0.05) is 37.2 Å². The molecule has 11 rings (SSSR count). The second-order valence-electron chi connectivity index (χ2n) is 14.9. The highest BCUT2D eigenvalue weighted by atomic mass is 32.1. The molecule has 10 aromatic carbocycles. The van der Waals surface area contributed by atoms with E-state index < -0.39 is 0 Å². The summed E-state index contributed by atoms with van der Waals surface area (Å²) >= 11 is 1.88. The van der Waals surface area contributed by atoms with Crippen LogP contribution in [0.1, 0.15) is 0 Å². The van der Waals surface area contributed by atoms with Gasteiger partial charge in [0.05, 0.1) is 0 Å². The van der Waals surface area contributed by atoms with Crippen molar-refractivity contribution in [3.8, 4) is 44.5 Å². The summed E-state index contributed by atoms with van der Waals surface area (Å²) in [5, 5.41) is 7.62. The Bertz CT molecular complexity index is 3180. The molecule has 2 heteroatoms. The minimum atomic E-state index is 1.10. The van der Waals surface area contributed by atoms with Crippen molar-refractivity contribution in [2.24, 2.45) is 0 Å². The van der Waals surface area contributed by atoms with Crippen LogP contribution >= 0.6 is 11.3 Å². The lowest BCUT2D eigenvalue weighted by Gasteiger charge is -2.27. The highest BCUT2D eigenvalue weighted by Gasteiger charge is 2.17. The summed E-state index contributed by atoms with van der Waals surface area (Å²) in [6.07, 6.45) is 0. The van der Waals surface area contributed by atoms with E-state index >= 15 is 0 Å². The van der Waals surface area contributed by atoms with Gasteiger partial charge in [-0.25, -0.2) is 0 Å². The summed E-state index contributed by atoms with van der Waals surface area (Å²) in [7, 11) is 0. The minimum absolute atomic E-state index is 1.10. The van der Waals surface area contributed by atoms with Gasteiger partial charge in [0.25, 0.3) is 0 Å². The molecule has 0 fully saturated rings. The van der Waals surface area contributed by atoms with Crippen LogP contribution in [-0.2, 0) is 0 Å². The maximum Gasteiger partial charge on any atom is 0.0467 e. The van der Waals surface area contributed by atoms with Gasteiger partial charge in [-0.15, -0.1) is 11.3 Å². The summed E-state index contributed by atoms with van der Waals surface area (Å²) < 4.78 is 2.65. The van der Waals surface area contributed by atoms with Crippen LogP contribution < -0.4 is 4.90 Å². The molecule has 0 amide bonds. The Morgan fingerprint density at radius 3 is 1.29 bits per heavy atom. The lowest BCUT2D eigenvalue weighted by atomic mass is 9.96. The van der Waals surface area contributed by atoms with Gasteiger partial charge >= 0.3 is 0 Å². The van der Waals surface area contributed by atoms with Crippen molar-refractivity contribution in [2.45, 2.75) is 0 Å². The van der Waals surface area contributed by atoms with Crippen molar-refractivity contribution < 1.29 is 0 Å². The van der Waals surface area contributed by atoms with Gasteiger partial charge in [-0.3, -0.25) is 0 Å². The van der Waals surface area contributed by atoms with E-state index in [2.05, 4.69) is 229 Å². The molecule has 0 aliphatic heterocycles. The monoisotopic (exact) mass is 755 g/mol. The van der Waals surface area contributed by atoms with E-state index in [-0.39, 0.29) is 0 Å². The van der Waals surface area contributed by atoms with E-state index in [9.17, 15) is 0 Å². The fraction of sp³-hybridized carbons (Fsp3) is 0. The van der Waals surface area contributed by atoms with Crippen LogP contribution in [0.15, 0.2) is 224 Å². The van der Waals surface area contributed by atoms with E-state index in [1.54, 1.807) is 0 Å². The Morgan fingerprint density at radius 2 is 0.672 bits per heavy atom. The number of benzene rings is 10. The average Bonchev–Trinajstić information content (AvgIpc) is 3.68. The normalized spacial score (nSPS) is 11.4. The molecule has 0 aliphatic carbocycles. The second kappa shape index (κ2) is 14.4. The molecule has 0 saturated heterocycles. The SMILES string of the molecule is c1cc(-c2cccc(N(c3cccc(-c4cccc5ccccc45)c3)c3cccc(-c4cccc5ccccc45)c3)c2)cc(-c2cccc3c2sc2ccccc23)c1. The number of thiophene rings is 1.